The topological polar surface area (TPSA) is 79.0 Å². The standard InChI is InChI=1S/C20H18N4O2S/c21-11-14-5-9-17(10-6-14)27(25,26)23-12-16(13-23)24-19-4-2-1-3-18(19)22-20(24)15-7-8-15/h1-6,9-10,15-16H,7-8,12-13H2. The van der Waals surface area contributed by atoms with E-state index in [1.165, 1.54) is 16.4 Å². The highest BCUT2D eigenvalue weighted by Gasteiger charge is 2.41. The molecule has 0 amide bonds. The van der Waals surface area contributed by atoms with Gasteiger partial charge in [0.1, 0.15) is 5.82 Å². The van der Waals surface area contributed by atoms with Gasteiger partial charge in [-0.3, -0.25) is 0 Å². The highest BCUT2D eigenvalue weighted by molar-refractivity contribution is 7.89. The minimum Gasteiger partial charge on any atom is -0.322 e. The van der Waals surface area contributed by atoms with E-state index >= 15 is 0 Å². The third-order valence-corrected chi connectivity index (χ3v) is 7.23. The second kappa shape index (κ2) is 5.91. The SMILES string of the molecule is N#Cc1ccc(S(=O)(=O)N2CC(n3c(C4CC4)nc4ccccc43)C2)cc1. The Labute approximate surface area is 157 Å². The summed E-state index contributed by atoms with van der Waals surface area (Å²) in [6.07, 6.45) is 2.31. The monoisotopic (exact) mass is 378 g/mol. The molecule has 2 fully saturated rings. The lowest BCUT2D eigenvalue weighted by Gasteiger charge is -2.39. The fourth-order valence-electron chi connectivity index (χ4n) is 3.70. The van der Waals surface area contributed by atoms with Crippen LogP contribution < -0.4 is 0 Å². The first-order valence-electron chi connectivity index (χ1n) is 9.05. The van der Waals surface area contributed by atoms with E-state index in [4.69, 9.17) is 10.2 Å². The van der Waals surface area contributed by atoms with E-state index in [9.17, 15) is 8.42 Å². The molecule has 2 aliphatic rings. The van der Waals surface area contributed by atoms with Crippen LogP contribution in [0.5, 0.6) is 0 Å². The molecular formula is C20H18N4O2S. The van der Waals surface area contributed by atoms with Crippen LogP contribution >= 0.6 is 0 Å². The number of sulfonamides is 1. The quantitative estimate of drug-likeness (QED) is 0.699. The summed E-state index contributed by atoms with van der Waals surface area (Å²) in [5, 5.41) is 8.88. The number of nitrogens with zero attached hydrogens (tertiary/aromatic N) is 4. The molecule has 6 nitrogen and oxygen atoms in total. The Morgan fingerprint density at radius 2 is 1.74 bits per heavy atom. The number of hydrogen-bond acceptors (Lipinski definition) is 4. The van der Waals surface area contributed by atoms with Crippen LogP contribution in [0.3, 0.4) is 0 Å². The first kappa shape index (κ1) is 16.5. The van der Waals surface area contributed by atoms with Gasteiger partial charge in [-0.2, -0.15) is 9.57 Å². The number of fused-ring (bicyclic) bond motifs is 1. The summed E-state index contributed by atoms with van der Waals surface area (Å²) in [5.41, 5.74) is 2.52. The van der Waals surface area contributed by atoms with Gasteiger partial charge >= 0.3 is 0 Å². The Morgan fingerprint density at radius 1 is 1.04 bits per heavy atom. The minimum absolute atomic E-state index is 0.112. The lowest BCUT2D eigenvalue weighted by atomic mass is 10.1. The Bertz CT molecular complexity index is 1160. The normalized spacial score (nSPS) is 18.3. The van der Waals surface area contributed by atoms with Crippen LogP contribution in [-0.4, -0.2) is 35.4 Å². The van der Waals surface area contributed by atoms with Gasteiger partial charge in [0, 0.05) is 19.0 Å². The van der Waals surface area contributed by atoms with Gasteiger partial charge in [0.2, 0.25) is 10.0 Å². The molecule has 0 spiro atoms. The lowest BCUT2D eigenvalue weighted by Crippen LogP contribution is -2.50. The fourth-order valence-corrected chi connectivity index (χ4v) is 5.22. The van der Waals surface area contributed by atoms with Crippen molar-refractivity contribution in [1.29, 1.82) is 5.26 Å². The first-order chi connectivity index (χ1) is 13.1. The first-order valence-corrected chi connectivity index (χ1v) is 10.5. The predicted molar refractivity (Wildman–Crippen MR) is 101 cm³/mol. The van der Waals surface area contributed by atoms with Crippen molar-refractivity contribution in [3.63, 3.8) is 0 Å². The highest BCUT2D eigenvalue weighted by atomic mass is 32.2. The molecule has 1 aliphatic carbocycles. The number of nitriles is 1. The summed E-state index contributed by atoms with van der Waals surface area (Å²) in [6.45, 7) is 0.894. The van der Waals surface area contributed by atoms with E-state index in [1.807, 2.05) is 24.3 Å². The molecule has 0 atom stereocenters. The molecule has 1 saturated heterocycles. The van der Waals surface area contributed by atoms with Gasteiger partial charge < -0.3 is 4.57 Å². The summed E-state index contributed by atoms with van der Waals surface area (Å²) in [7, 11) is -3.53. The maximum Gasteiger partial charge on any atom is 0.243 e. The highest BCUT2D eigenvalue weighted by Crippen LogP contribution is 2.43. The van der Waals surface area contributed by atoms with Crippen molar-refractivity contribution >= 4 is 21.1 Å². The summed E-state index contributed by atoms with van der Waals surface area (Å²) in [5.74, 6) is 1.60. The van der Waals surface area contributed by atoms with Gasteiger partial charge in [-0.1, -0.05) is 12.1 Å². The minimum atomic E-state index is -3.53. The van der Waals surface area contributed by atoms with Crippen molar-refractivity contribution in [2.24, 2.45) is 0 Å². The van der Waals surface area contributed by atoms with Crippen molar-refractivity contribution in [3.8, 4) is 6.07 Å². The molecular weight excluding hydrogens is 360 g/mol. The van der Waals surface area contributed by atoms with Crippen molar-refractivity contribution < 1.29 is 8.42 Å². The Hall–Kier alpha value is -2.69. The molecule has 136 valence electrons. The maximum atomic E-state index is 12.8. The van der Waals surface area contributed by atoms with Crippen molar-refractivity contribution in [3.05, 3.63) is 59.9 Å². The Kier molecular flexibility index (Phi) is 3.61. The van der Waals surface area contributed by atoms with Crippen LogP contribution in [0, 0.1) is 11.3 Å². The number of para-hydroxylation sites is 2. The van der Waals surface area contributed by atoms with E-state index < -0.39 is 10.0 Å². The van der Waals surface area contributed by atoms with Crippen molar-refractivity contribution in [2.75, 3.05) is 13.1 Å². The van der Waals surface area contributed by atoms with E-state index in [2.05, 4.69) is 10.6 Å². The molecule has 2 heterocycles. The molecule has 1 saturated carbocycles. The summed E-state index contributed by atoms with van der Waals surface area (Å²) in [4.78, 5) is 5.04. The van der Waals surface area contributed by atoms with E-state index in [0.29, 0.717) is 24.6 Å². The number of hydrogen-bond donors (Lipinski definition) is 0. The number of imidazole rings is 1. The smallest absolute Gasteiger partial charge is 0.243 e. The van der Waals surface area contributed by atoms with Crippen LogP contribution in [-0.2, 0) is 10.0 Å². The number of aromatic nitrogens is 2. The van der Waals surface area contributed by atoms with Gasteiger partial charge in [0.05, 0.1) is 33.6 Å². The van der Waals surface area contributed by atoms with Crippen LogP contribution in [0.2, 0.25) is 0 Å². The molecule has 0 radical (unpaired) electrons. The van der Waals surface area contributed by atoms with E-state index in [0.717, 1.165) is 29.7 Å². The third kappa shape index (κ3) is 2.64. The number of rotatable bonds is 4. The zero-order valence-electron chi connectivity index (χ0n) is 14.6. The summed E-state index contributed by atoms with van der Waals surface area (Å²) < 4.78 is 29.4. The molecule has 5 rings (SSSR count). The van der Waals surface area contributed by atoms with Gasteiger partial charge in [0.15, 0.2) is 0 Å². The molecule has 7 heteroatoms. The predicted octanol–water partition coefficient (Wildman–Crippen LogP) is 3.03. The largest absolute Gasteiger partial charge is 0.322 e. The van der Waals surface area contributed by atoms with Crippen molar-refractivity contribution in [2.45, 2.75) is 29.7 Å². The molecule has 1 aliphatic heterocycles. The average Bonchev–Trinajstić information content (AvgIpc) is 3.42. The molecule has 0 N–H and O–H groups in total. The molecule has 0 bridgehead atoms. The van der Waals surface area contributed by atoms with Crippen LogP contribution in [0.1, 0.15) is 36.2 Å². The van der Waals surface area contributed by atoms with Gasteiger partial charge in [-0.25, -0.2) is 13.4 Å². The van der Waals surface area contributed by atoms with Crippen LogP contribution in [0.25, 0.3) is 11.0 Å². The Balaban J connectivity index is 1.43. The molecule has 3 aromatic rings. The molecule has 27 heavy (non-hydrogen) atoms. The lowest BCUT2D eigenvalue weighted by molar-refractivity contribution is 0.205. The van der Waals surface area contributed by atoms with Crippen molar-refractivity contribution in [1.82, 2.24) is 13.9 Å². The Morgan fingerprint density at radius 3 is 2.41 bits per heavy atom. The second-order valence-electron chi connectivity index (χ2n) is 7.22. The summed E-state index contributed by atoms with van der Waals surface area (Å²) >= 11 is 0. The number of benzene rings is 2. The zero-order chi connectivity index (χ0) is 18.6. The maximum absolute atomic E-state index is 12.8. The van der Waals surface area contributed by atoms with Gasteiger partial charge in [-0.05, 0) is 49.2 Å². The van der Waals surface area contributed by atoms with Crippen LogP contribution in [0.15, 0.2) is 53.4 Å². The van der Waals surface area contributed by atoms with E-state index in [1.54, 1.807) is 12.1 Å². The van der Waals surface area contributed by atoms with Crippen LogP contribution in [0.4, 0.5) is 0 Å². The van der Waals surface area contributed by atoms with Gasteiger partial charge in [0.25, 0.3) is 0 Å². The second-order valence-corrected chi connectivity index (χ2v) is 9.15. The molecule has 2 aromatic carbocycles. The third-order valence-electron chi connectivity index (χ3n) is 5.38. The zero-order valence-corrected chi connectivity index (χ0v) is 15.4. The molecule has 0 unspecified atom stereocenters. The van der Waals surface area contributed by atoms with E-state index in [-0.39, 0.29) is 10.9 Å². The van der Waals surface area contributed by atoms with Gasteiger partial charge in [-0.15, -0.1) is 0 Å². The average molecular weight is 378 g/mol. The fraction of sp³-hybridized carbons (Fsp3) is 0.300. The summed E-state index contributed by atoms with van der Waals surface area (Å²) in [6, 6.07) is 16.3. The molecule has 1 aromatic heterocycles.